The standard InChI is InChI=1S/C23H27ClN2O3/c1-17-4-6-18(7-5-17)14-25-22(28)23(2)12-3-13-26(16-23)21(27)15-29-20-10-8-19(24)9-11-20/h4-11H,3,12-16H2,1-2H3,(H,25,28)/t23-/m0/s1. The van der Waals surface area contributed by atoms with Gasteiger partial charge in [-0.05, 0) is 56.5 Å². The van der Waals surface area contributed by atoms with Crippen LogP contribution in [-0.4, -0.2) is 36.4 Å². The van der Waals surface area contributed by atoms with Crippen LogP contribution in [0, 0.1) is 12.3 Å². The van der Waals surface area contributed by atoms with Crippen molar-refractivity contribution in [3.63, 3.8) is 0 Å². The Morgan fingerprint density at radius 3 is 2.52 bits per heavy atom. The van der Waals surface area contributed by atoms with Gasteiger partial charge in [0, 0.05) is 24.7 Å². The number of benzene rings is 2. The molecule has 154 valence electrons. The van der Waals surface area contributed by atoms with E-state index in [9.17, 15) is 9.59 Å². The van der Waals surface area contributed by atoms with Crippen molar-refractivity contribution in [1.82, 2.24) is 10.2 Å². The number of nitrogens with one attached hydrogen (secondary N) is 1. The largest absolute Gasteiger partial charge is 0.484 e. The van der Waals surface area contributed by atoms with Crippen LogP contribution in [0.3, 0.4) is 0 Å². The lowest BCUT2D eigenvalue weighted by Crippen LogP contribution is -2.52. The number of carbonyl (C=O) groups is 2. The van der Waals surface area contributed by atoms with Gasteiger partial charge in [0.1, 0.15) is 5.75 Å². The van der Waals surface area contributed by atoms with Crippen LogP contribution >= 0.6 is 11.6 Å². The zero-order valence-corrected chi connectivity index (χ0v) is 17.7. The molecule has 1 heterocycles. The highest BCUT2D eigenvalue weighted by Crippen LogP contribution is 2.30. The fourth-order valence-electron chi connectivity index (χ4n) is 3.51. The van der Waals surface area contributed by atoms with E-state index in [2.05, 4.69) is 5.32 Å². The molecule has 0 unspecified atom stereocenters. The highest BCUT2D eigenvalue weighted by molar-refractivity contribution is 6.30. The first kappa shape index (κ1) is 21.2. The number of piperidine rings is 1. The summed E-state index contributed by atoms with van der Waals surface area (Å²) in [5, 5.41) is 3.65. The van der Waals surface area contributed by atoms with Gasteiger partial charge in [-0.15, -0.1) is 0 Å². The summed E-state index contributed by atoms with van der Waals surface area (Å²) in [6, 6.07) is 15.0. The van der Waals surface area contributed by atoms with Gasteiger partial charge in [0.25, 0.3) is 5.91 Å². The van der Waals surface area contributed by atoms with Crippen LogP contribution < -0.4 is 10.1 Å². The van der Waals surface area contributed by atoms with E-state index >= 15 is 0 Å². The third-order valence-electron chi connectivity index (χ3n) is 5.35. The maximum absolute atomic E-state index is 12.8. The van der Waals surface area contributed by atoms with Crippen LogP contribution in [0.15, 0.2) is 48.5 Å². The van der Waals surface area contributed by atoms with Gasteiger partial charge < -0.3 is 15.0 Å². The summed E-state index contributed by atoms with van der Waals surface area (Å²) in [5.41, 5.74) is 1.65. The van der Waals surface area contributed by atoms with E-state index in [4.69, 9.17) is 16.3 Å². The minimum atomic E-state index is -0.598. The predicted octanol–water partition coefficient (Wildman–Crippen LogP) is 3.97. The summed E-state index contributed by atoms with van der Waals surface area (Å²) in [7, 11) is 0. The zero-order valence-electron chi connectivity index (χ0n) is 16.9. The lowest BCUT2D eigenvalue weighted by atomic mass is 9.81. The van der Waals surface area contributed by atoms with E-state index < -0.39 is 5.41 Å². The SMILES string of the molecule is Cc1ccc(CNC(=O)[C@@]2(C)CCCN(C(=O)COc3ccc(Cl)cc3)C2)cc1. The van der Waals surface area contributed by atoms with Crippen LogP contribution in [0.25, 0.3) is 0 Å². The Balaban J connectivity index is 1.53. The molecule has 1 saturated heterocycles. The molecule has 29 heavy (non-hydrogen) atoms. The Morgan fingerprint density at radius 1 is 1.14 bits per heavy atom. The highest BCUT2D eigenvalue weighted by Gasteiger charge is 2.39. The van der Waals surface area contributed by atoms with Crippen molar-refractivity contribution in [2.75, 3.05) is 19.7 Å². The molecule has 6 heteroatoms. The van der Waals surface area contributed by atoms with E-state index in [1.165, 1.54) is 5.56 Å². The molecule has 2 aromatic rings. The summed E-state index contributed by atoms with van der Waals surface area (Å²) in [5.74, 6) is 0.463. The van der Waals surface area contributed by atoms with Crippen molar-refractivity contribution in [1.29, 1.82) is 0 Å². The molecule has 0 bridgehead atoms. The van der Waals surface area contributed by atoms with E-state index in [1.807, 2.05) is 38.1 Å². The molecule has 3 rings (SSSR count). The summed E-state index contributed by atoms with van der Waals surface area (Å²) in [6.07, 6.45) is 1.55. The van der Waals surface area contributed by atoms with Crippen LogP contribution in [0.2, 0.25) is 5.02 Å². The van der Waals surface area contributed by atoms with Crippen molar-refractivity contribution in [3.05, 3.63) is 64.7 Å². The van der Waals surface area contributed by atoms with Gasteiger partial charge in [-0.25, -0.2) is 0 Å². The van der Waals surface area contributed by atoms with E-state index in [0.717, 1.165) is 18.4 Å². The van der Waals surface area contributed by atoms with E-state index in [-0.39, 0.29) is 18.4 Å². The van der Waals surface area contributed by atoms with E-state index in [0.29, 0.717) is 30.4 Å². The first-order chi connectivity index (χ1) is 13.9. The molecule has 1 atom stereocenters. The predicted molar refractivity (Wildman–Crippen MR) is 114 cm³/mol. The average Bonchev–Trinajstić information content (AvgIpc) is 2.72. The van der Waals surface area contributed by atoms with Gasteiger partial charge in [-0.1, -0.05) is 41.4 Å². The third-order valence-corrected chi connectivity index (χ3v) is 5.60. The van der Waals surface area contributed by atoms with Crippen LogP contribution in [0.4, 0.5) is 0 Å². The topological polar surface area (TPSA) is 58.6 Å². The van der Waals surface area contributed by atoms with Gasteiger partial charge in [-0.3, -0.25) is 9.59 Å². The van der Waals surface area contributed by atoms with Crippen molar-refractivity contribution in [2.45, 2.75) is 33.2 Å². The van der Waals surface area contributed by atoms with Crippen molar-refractivity contribution >= 4 is 23.4 Å². The van der Waals surface area contributed by atoms with Crippen molar-refractivity contribution < 1.29 is 14.3 Å². The summed E-state index contributed by atoms with van der Waals surface area (Å²) < 4.78 is 5.57. The van der Waals surface area contributed by atoms with Crippen molar-refractivity contribution in [2.24, 2.45) is 5.41 Å². The maximum atomic E-state index is 12.8. The molecule has 5 nitrogen and oxygen atoms in total. The number of halogens is 1. The Morgan fingerprint density at radius 2 is 1.83 bits per heavy atom. The minimum Gasteiger partial charge on any atom is -0.484 e. The molecular weight excluding hydrogens is 388 g/mol. The number of hydrogen-bond donors (Lipinski definition) is 1. The molecule has 1 aliphatic rings. The summed E-state index contributed by atoms with van der Waals surface area (Å²) >= 11 is 5.86. The maximum Gasteiger partial charge on any atom is 0.260 e. The Labute approximate surface area is 177 Å². The number of hydrogen-bond acceptors (Lipinski definition) is 3. The second-order valence-corrected chi connectivity index (χ2v) is 8.33. The van der Waals surface area contributed by atoms with Crippen LogP contribution in [-0.2, 0) is 16.1 Å². The second-order valence-electron chi connectivity index (χ2n) is 7.89. The molecule has 2 aromatic carbocycles. The molecule has 1 aliphatic heterocycles. The normalized spacial score (nSPS) is 18.9. The minimum absolute atomic E-state index is 0.0193. The monoisotopic (exact) mass is 414 g/mol. The fraction of sp³-hybridized carbons (Fsp3) is 0.391. The Kier molecular flexibility index (Phi) is 6.80. The summed E-state index contributed by atoms with van der Waals surface area (Å²) in [6.45, 7) is 5.44. The molecule has 2 amide bonds. The quantitative estimate of drug-likeness (QED) is 0.778. The lowest BCUT2D eigenvalue weighted by Gasteiger charge is -2.39. The van der Waals surface area contributed by atoms with Gasteiger partial charge in [0.15, 0.2) is 6.61 Å². The Hall–Kier alpha value is -2.53. The van der Waals surface area contributed by atoms with Gasteiger partial charge in [-0.2, -0.15) is 0 Å². The average molecular weight is 415 g/mol. The smallest absolute Gasteiger partial charge is 0.260 e. The number of aryl methyl sites for hydroxylation is 1. The third kappa shape index (κ3) is 5.73. The molecule has 1 N–H and O–H groups in total. The fourth-order valence-corrected chi connectivity index (χ4v) is 3.63. The second kappa shape index (κ2) is 9.31. The molecule has 0 aliphatic carbocycles. The zero-order chi connectivity index (χ0) is 20.9. The summed E-state index contributed by atoms with van der Waals surface area (Å²) in [4.78, 5) is 27.2. The highest BCUT2D eigenvalue weighted by atomic mass is 35.5. The number of rotatable bonds is 6. The molecule has 0 radical (unpaired) electrons. The van der Waals surface area contributed by atoms with Crippen LogP contribution in [0.5, 0.6) is 5.75 Å². The lowest BCUT2D eigenvalue weighted by molar-refractivity contribution is -0.142. The Bertz CT molecular complexity index is 851. The van der Waals surface area contributed by atoms with Gasteiger partial charge >= 0.3 is 0 Å². The first-order valence-corrected chi connectivity index (χ1v) is 10.2. The number of carbonyl (C=O) groups excluding carboxylic acids is 2. The molecule has 1 fully saturated rings. The number of amides is 2. The number of ether oxygens (including phenoxy) is 1. The molecule has 0 spiro atoms. The molecular formula is C23H27ClN2O3. The molecule has 0 aromatic heterocycles. The first-order valence-electron chi connectivity index (χ1n) is 9.86. The van der Waals surface area contributed by atoms with E-state index in [1.54, 1.807) is 29.2 Å². The van der Waals surface area contributed by atoms with Crippen LogP contribution in [0.1, 0.15) is 30.9 Å². The van der Waals surface area contributed by atoms with Crippen molar-refractivity contribution in [3.8, 4) is 5.75 Å². The number of nitrogens with zero attached hydrogens (tertiary/aromatic N) is 1. The van der Waals surface area contributed by atoms with Gasteiger partial charge in [0.2, 0.25) is 5.91 Å². The number of likely N-dealkylation sites (tertiary alicyclic amines) is 1. The van der Waals surface area contributed by atoms with Gasteiger partial charge in [0.05, 0.1) is 5.41 Å². The molecule has 0 saturated carbocycles.